The summed E-state index contributed by atoms with van der Waals surface area (Å²) in [5.41, 5.74) is 1.42. The van der Waals surface area contributed by atoms with E-state index in [2.05, 4.69) is 52.1 Å². The third-order valence-electron chi connectivity index (χ3n) is 3.65. The molecule has 1 atom stereocenters. The fourth-order valence-corrected chi connectivity index (χ4v) is 2.40. The largest absolute Gasteiger partial charge is 0.337 e. The van der Waals surface area contributed by atoms with Crippen molar-refractivity contribution in [3.8, 4) is 0 Å². The molecule has 0 radical (unpaired) electrons. The minimum Gasteiger partial charge on any atom is -0.337 e. The third-order valence-corrected chi connectivity index (χ3v) is 3.65. The summed E-state index contributed by atoms with van der Waals surface area (Å²) in [6.45, 7) is 4.42. The van der Waals surface area contributed by atoms with E-state index in [1.165, 1.54) is 24.8 Å². The van der Waals surface area contributed by atoms with Crippen molar-refractivity contribution in [2.24, 2.45) is 0 Å². The first kappa shape index (κ1) is 14.8. The molecule has 1 heterocycles. The van der Waals surface area contributed by atoms with Crippen LogP contribution in [-0.4, -0.2) is 22.1 Å². The molecule has 3 heteroatoms. The molecular formula is C17H25N3. The van der Waals surface area contributed by atoms with Gasteiger partial charge in [0.25, 0.3) is 0 Å². The zero-order valence-electron chi connectivity index (χ0n) is 12.3. The second kappa shape index (κ2) is 8.54. The number of hydrogen-bond acceptors (Lipinski definition) is 2. The van der Waals surface area contributed by atoms with E-state index in [9.17, 15) is 0 Å². The smallest absolute Gasteiger partial charge is 0.0945 e. The second-order valence-electron chi connectivity index (χ2n) is 5.26. The maximum atomic E-state index is 4.06. The molecule has 0 aliphatic carbocycles. The molecule has 0 aliphatic rings. The van der Waals surface area contributed by atoms with Crippen LogP contribution in [0.2, 0.25) is 0 Å². The van der Waals surface area contributed by atoms with Gasteiger partial charge < -0.3 is 9.88 Å². The van der Waals surface area contributed by atoms with E-state index in [4.69, 9.17) is 0 Å². The van der Waals surface area contributed by atoms with Crippen LogP contribution >= 0.6 is 0 Å². The molecule has 3 nitrogen and oxygen atoms in total. The Morgan fingerprint density at radius 3 is 2.75 bits per heavy atom. The van der Waals surface area contributed by atoms with Gasteiger partial charge in [0.2, 0.25) is 0 Å². The average Bonchev–Trinajstić information content (AvgIpc) is 3.00. The molecule has 0 amide bonds. The minimum atomic E-state index is 0.589. The Morgan fingerprint density at radius 2 is 2.05 bits per heavy atom. The summed E-state index contributed by atoms with van der Waals surface area (Å²) in [7, 11) is 0. The molecule has 0 fully saturated rings. The SMILES string of the molecule is CCC(Cc1ccccc1)NCCCCn1ccnc1. The summed E-state index contributed by atoms with van der Waals surface area (Å²) in [6, 6.07) is 11.3. The Balaban J connectivity index is 1.61. The van der Waals surface area contributed by atoms with Crippen molar-refractivity contribution < 1.29 is 0 Å². The predicted molar refractivity (Wildman–Crippen MR) is 83.7 cm³/mol. The number of aryl methyl sites for hydroxylation is 1. The van der Waals surface area contributed by atoms with Crippen molar-refractivity contribution in [3.05, 3.63) is 54.6 Å². The molecule has 1 unspecified atom stereocenters. The third kappa shape index (κ3) is 5.17. The molecule has 0 saturated heterocycles. The molecular weight excluding hydrogens is 246 g/mol. The van der Waals surface area contributed by atoms with Crippen molar-refractivity contribution in [2.45, 2.75) is 45.2 Å². The fraction of sp³-hybridized carbons (Fsp3) is 0.471. The Kier molecular flexibility index (Phi) is 6.32. The summed E-state index contributed by atoms with van der Waals surface area (Å²) in [5.74, 6) is 0. The highest BCUT2D eigenvalue weighted by molar-refractivity contribution is 5.15. The van der Waals surface area contributed by atoms with E-state index in [0.717, 1.165) is 19.5 Å². The number of imidazole rings is 1. The lowest BCUT2D eigenvalue weighted by Gasteiger charge is -2.17. The van der Waals surface area contributed by atoms with Crippen LogP contribution in [-0.2, 0) is 13.0 Å². The second-order valence-corrected chi connectivity index (χ2v) is 5.26. The zero-order valence-corrected chi connectivity index (χ0v) is 12.3. The van der Waals surface area contributed by atoms with Crippen LogP contribution in [0.3, 0.4) is 0 Å². The Labute approximate surface area is 122 Å². The molecule has 0 saturated carbocycles. The average molecular weight is 271 g/mol. The highest BCUT2D eigenvalue weighted by Crippen LogP contribution is 2.06. The Bertz CT molecular complexity index is 450. The van der Waals surface area contributed by atoms with E-state index in [1.54, 1.807) is 0 Å². The highest BCUT2D eigenvalue weighted by Gasteiger charge is 2.05. The number of aromatic nitrogens is 2. The van der Waals surface area contributed by atoms with Crippen molar-refractivity contribution >= 4 is 0 Å². The molecule has 20 heavy (non-hydrogen) atoms. The van der Waals surface area contributed by atoms with Crippen LogP contribution in [0.25, 0.3) is 0 Å². The summed E-state index contributed by atoms with van der Waals surface area (Å²) < 4.78 is 2.14. The number of rotatable bonds is 9. The van der Waals surface area contributed by atoms with Crippen molar-refractivity contribution in [1.29, 1.82) is 0 Å². The quantitative estimate of drug-likeness (QED) is 0.709. The molecule has 1 N–H and O–H groups in total. The Morgan fingerprint density at radius 1 is 1.20 bits per heavy atom. The number of nitrogens with one attached hydrogen (secondary N) is 1. The lowest BCUT2D eigenvalue weighted by Crippen LogP contribution is -2.31. The number of hydrogen-bond donors (Lipinski definition) is 1. The van der Waals surface area contributed by atoms with Gasteiger partial charge in [-0.25, -0.2) is 4.98 Å². The predicted octanol–water partition coefficient (Wildman–Crippen LogP) is 3.27. The molecule has 2 aromatic rings. The monoisotopic (exact) mass is 271 g/mol. The first-order valence-electron chi connectivity index (χ1n) is 7.61. The van der Waals surface area contributed by atoms with E-state index in [0.29, 0.717) is 6.04 Å². The van der Waals surface area contributed by atoms with Crippen LogP contribution in [0.1, 0.15) is 31.7 Å². The first-order chi connectivity index (χ1) is 9.88. The standard InChI is InChI=1S/C17H25N3/c1-2-17(14-16-8-4-3-5-9-16)19-10-6-7-12-20-13-11-18-15-20/h3-5,8-9,11,13,15,17,19H,2,6-7,10,12,14H2,1H3. The van der Waals surface area contributed by atoms with E-state index in [-0.39, 0.29) is 0 Å². The molecule has 0 aliphatic heterocycles. The van der Waals surface area contributed by atoms with Gasteiger partial charge in [-0.3, -0.25) is 0 Å². The summed E-state index contributed by atoms with van der Waals surface area (Å²) in [6.07, 6.45) is 10.5. The van der Waals surface area contributed by atoms with Gasteiger partial charge in [0.15, 0.2) is 0 Å². The van der Waals surface area contributed by atoms with E-state index < -0.39 is 0 Å². The molecule has 2 rings (SSSR count). The highest BCUT2D eigenvalue weighted by atomic mass is 15.0. The maximum absolute atomic E-state index is 4.06. The fourth-order valence-electron chi connectivity index (χ4n) is 2.40. The number of unbranched alkanes of at least 4 members (excludes halogenated alkanes) is 1. The van der Waals surface area contributed by atoms with Crippen LogP contribution in [0.5, 0.6) is 0 Å². The van der Waals surface area contributed by atoms with Gasteiger partial charge in [0.1, 0.15) is 0 Å². The lowest BCUT2D eigenvalue weighted by atomic mass is 10.0. The summed E-state index contributed by atoms with van der Waals surface area (Å²) >= 11 is 0. The zero-order chi connectivity index (χ0) is 14.0. The topological polar surface area (TPSA) is 29.9 Å². The van der Waals surface area contributed by atoms with E-state index in [1.807, 2.05) is 18.7 Å². The lowest BCUT2D eigenvalue weighted by molar-refractivity contribution is 0.473. The molecule has 1 aromatic heterocycles. The molecule has 1 aromatic carbocycles. The van der Waals surface area contributed by atoms with Crippen LogP contribution in [0.4, 0.5) is 0 Å². The molecule has 0 bridgehead atoms. The van der Waals surface area contributed by atoms with E-state index >= 15 is 0 Å². The normalized spacial score (nSPS) is 12.4. The van der Waals surface area contributed by atoms with Gasteiger partial charge in [0, 0.05) is 25.0 Å². The van der Waals surface area contributed by atoms with Crippen LogP contribution < -0.4 is 5.32 Å². The van der Waals surface area contributed by atoms with Crippen molar-refractivity contribution in [3.63, 3.8) is 0 Å². The molecule has 108 valence electrons. The first-order valence-corrected chi connectivity index (χ1v) is 7.61. The van der Waals surface area contributed by atoms with Gasteiger partial charge in [-0.05, 0) is 37.8 Å². The Hall–Kier alpha value is -1.61. The van der Waals surface area contributed by atoms with Crippen molar-refractivity contribution in [1.82, 2.24) is 14.9 Å². The van der Waals surface area contributed by atoms with Gasteiger partial charge >= 0.3 is 0 Å². The van der Waals surface area contributed by atoms with Gasteiger partial charge in [-0.15, -0.1) is 0 Å². The summed E-state index contributed by atoms with van der Waals surface area (Å²) in [5, 5.41) is 3.67. The number of nitrogens with zero attached hydrogens (tertiary/aromatic N) is 2. The molecule has 0 spiro atoms. The minimum absolute atomic E-state index is 0.589. The van der Waals surface area contributed by atoms with Gasteiger partial charge in [-0.1, -0.05) is 37.3 Å². The van der Waals surface area contributed by atoms with Gasteiger partial charge in [0.05, 0.1) is 6.33 Å². The van der Waals surface area contributed by atoms with Crippen molar-refractivity contribution in [2.75, 3.05) is 6.54 Å². The van der Waals surface area contributed by atoms with Gasteiger partial charge in [-0.2, -0.15) is 0 Å². The van der Waals surface area contributed by atoms with Crippen LogP contribution in [0, 0.1) is 0 Å². The summed E-state index contributed by atoms with van der Waals surface area (Å²) in [4.78, 5) is 4.06. The van der Waals surface area contributed by atoms with Crippen LogP contribution in [0.15, 0.2) is 49.1 Å². The maximum Gasteiger partial charge on any atom is 0.0945 e. The number of benzene rings is 1.